The van der Waals surface area contributed by atoms with E-state index in [-0.39, 0.29) is 0 Å². The van der Waals surface area contributed by atoms with Gasteiger partial charge in [0.15, 0.2) is 70.6 Å². The number of amidine groups is 4. The van der Waals surface area contributed by atoms with Crippen molar-refractivity contribution < 1.29 is 46.1 Å². The quantitative estimate of drug-likeness (QED) is 0.202. The lowest BCUT2D eigenvalue weighted by Gasteiger charge is -2.35. The van der Waals surface area contributed by atoms with E-state index in [1.54, 1.807) is 27.7 Å². The van der Waals surface area contributed by atoms with Crippen LogP contribution in [0.1, 0.15) is 62.4 Å². The normalized spacial score (nSPS) is 27.3. The van der Waals surface area contributed by atoms with E-state index in [9.17, 15) is 9.59 Å². The van der Waals surface area contributed by atoms with Gasteiger partial charge in [-0.3, -0.25) is 17.6 Å². The maximum atomic E-state index is 15.4. The number of benzene rings is 4. The molecule has 0 saturated carbocycles. The summed E-state index contributed by atoms with van der Waals surface area (Å²) < 4.78 is 91.9. The molecule has 8 aromatic rings. The highest BCUT2D eigenvalue weighted by molar-refractivity contribution is 6.66. The van der Waals surface area contributed by atoms with Gasteiger partial charge in [0, 0.05) is 43.8 Å². The van der Waals surface area contributed by atoms with Gasteiger partial charge in [0.05, 0.1) is 25.6 Å². The lowest BCUT2D eigenvalue weighted by atomic mass is 10.1. The van der Waals surface area contributed by atoms with Crippen molar-refractivity contribution in [3.05, 3.63) is 175 Å². The molecule has 83 heavy (non-hydrogen) atoms. The van der Waals surface area contributed by atoms with Crippen LogP contribution in [-0.2, 0) is 37.3 Å². The molecule has 0 radical (unpaired) electrons. The van der Waals surface area contributed by atoms with Gasteiger partial charge >= 0.3 is 20.3 Å². The lowest BCUT2D eigenvalue weighted by Crippen LogP contribution is -2.65. The summed E-state index contributed by atoms with van der Waals surface area (Å²) in [4.78, 5) is 67.2. The van der Waals surface area contributed by atoms with Crippen LogP contribution in [0.2, 0.25) is 0 Å². The predicted molar refractivity (Wildman–Crippen MR) is 294 cm³/mol. The highest BCUT2D eigenvalue weighted by Gasteiger charge is 2.62. The molecule has 4 aromatic heterocycles. The summed E-state index contributed by atoms with van der Waals surface area (Å²) in [6.45, 7) is 6.04. The van der Waals surface area contributed by atoms with Crippen LogP contribution in [0, 0.1) is 11.6 Å². The van der Waals surface area contributed by atoms with Crippen LogP contribution in [0.25, 0.3) is 21.5 Å². The number of aliphatic imine (C=N–C) groups is 4. The molecular weight excluding hydrogens is 1090 g/mol. The van der Waals surface area contributed by atoms with Crippen molar-refractivity contribution in [2.24, 2.45) is 30.0 Å². The summed E-state index contributed by atoms with van der Waals surface area (Å²) in [5.41, 5.74) is 13.1. The number of nitrogen functional groups attached to an aromatic ring is 2. The molecule has 8 aliphatic heterocycles. The Morgan fingerprint density at radius 1 is 0.506 bits per heavy atom. The van der Waals surface area contributed by atoms with E-state index >= 15 is 8.78 Å². The molecule has 4 unspecified atom stereocenters. The van der Waals surface area contributed by atoms with Crippen LogP contribution in [0.3, 0.4) is 0 Å². The summed E-state index contributed by atoms with van der Waals surface area (Å²) in [6, 6.07) is 30.5. The maximum absolute atomic E-state index is 15.4. The molecular formula is C56H46F2N14O10Si. The predicted octanol–water partition coefficient (Wildman–Crippen LogP) is 4.20. The zero-order valence-corrected chi connectivity index (χ0v) is 45.3. The largest absolute Gasteiger partial charge is 0.603 e. The topological polar surface area (TPSA) is 280 Å². The second-order valence-corrected chi connectivity index (χ2v) is 24.4. The van der Waals surface area contributed by atoms with Gasteiger partial charge in [-0.2, -0.15) is 9.97 Å². The number of fused-ring (bicyclic) bond motifs is 16. The van der Waals surface area contributed by atoms with Crippen molar-refractivity contribution in [2.45, 2.75) is 88.3 Å². The Kier molecular flexibility index (Phi) is 10.7. The summed E-state index contributed by atoms with van der Waals surface area (Å²) in [6.07, 6.45) is -6.97. The number of rotatable bonds is 8. The number of hydrogen-bond acceptors (Lipinski definition) is 20. The number of nitrogens with two attached hydrogens (primary N) is 2. The van der Waals surface area contributed by atoms with Crippen LogP contribution < -0.4 is 33.8 Å². The van der Waals surface area contributed by atoms with E-state index in [2.05, 4.69) is 9.97 Å². The second-order valence-electron chi connectivity index (χ2n) is 21.9. The second kappa shape index (κ2) is 17.7. The molecule has 0 spiro atoms. The molecule has 4 aromatic carbocycles. The molecule has 16 rings (SSSR count). The van der Waals surface area contributed by atoms with Gasteiger partial charge in [-0.15, -0.1) is 0 Å². The van der Waals surface area contributed by atoms with Crippen molar-refractivity contribution in [1.82, 2.24) is 27.6 Å². The van der Waals surface area contributed by atoms with E-state index in [4.69, 9.17) is 78.7 Å². The van der Waals surface area contributed by atoms with Crippen LogP contribution in [0.4, 0.5) is 32.1 Å². The van der Waals surface area contributed by atoms with Gasteiger partial charge in [-0.1, -0.05) is 97.1 Å². The number of ether oxygens (including phenoxy) is 6. The molecule has 27 heteroatoms. The minimum atomic E-state index is -5.11. The van der Waals surface area contributed by atoms with E-state index in [1.165, 1.54) is 0 Å². The zero-order chi connectivity index (χ0) is 56.6. The van der Waals surface area contributed by atoms with Crippen molar-refractivity contribution >= 4 is 77.0 Å². The van der Waals surface area contributed by atoms with E-state index in [0.717, 1.165) is 21.5 Å². The average molecular weight is 1140 g/mol. The highest BCUT2D eigenvalue weighted by Crippen LogP contribution is 2.48. The number of hydrogen-bond donors (Lipinski definition) is 2. The Labute approximate surface area is 467 Å². The van der Waals surface area contributed by atoms with Crippen LogP contribution in [0.5, 0.6) is 0 Å². The molecule has 8 atom stereocenters. The molecule has 4 saturated heterocycles. The summed E-state index contributed by atoms with van der Waals surface area (Å²) in [5, 5.41) is 2.45. The molecule has 0 aliphatic carbocycles. The van der Waals surface area contributed by atoms with Gasteiger partial charge in [-0.05, 0) is 27.7 Å². The summed E-state index contributed by atoms with van der Waals surface area (Å²) in [5.74, 6) is -3.65. The first kappa shape index (κ1) is 50.1. The molecule has 6 bridgehead atoms. The van der Waals surface area contributed by atoms with E-state index in [0.29, 0.717) is 89.8 Å². The van der Waals surface area contributed by atoms with Crippen molar-refractivity contribution in [3.63, 3.8) is 0 Å². The molecule has 24 nitrogen and oxygen atoms in total. The lowest BCUT2D eigenvalue weighted by molar-refractivity contribution is -0.202. The van der Waals surface area contributed by atoms with Crippen LogP contribution in [0.15, 0.2) is 149 Å². The van der Waals surface area contributed by atoms with Crippen molar-refractivity contribution in [2.75, 3.05) is 24.7 Å². The van der Waals surface area contributed by atoms with Crippen LogP contribution in [-0.4, -0.2) is 121 Å². The molecule has 12 heterocycles. The SMILES string of the molecule is CC1(C)OC2C(O1)[C@@H](CO[Si]1(OC[C@H]3O[C@@H](n4cc(F)c(N)nc4=O)C4OC(C)(C)OC43)n3c4c5ccccc5c3N=C3N=C(N=c5c6ccccc6c(n51)=NC1=NC(=N4)c4ccccc41)c1ccccc13)O[C@H]2n1cc(F)c(N)nc1=O. The number of nitrogens with zero attached hydrogens (tertiary/aromatic N) is 12. The Bertz CT molecular complexity index is 4320. The molecule has 4 fully saturated rings. The molecule has 0 amide bonds. The van der Waals surface area contributed by atoms with Crippen LogP contribution >= 0.6 is 0 Å². The van der Waals surface area contributed by atoms with Crippen molar-refractivity contribution in [1.29, 1.82) is 0 Å². The van der Waals surface area contributed by atoms with Gasteiger partial charge in [0.2, 0.25) is 0 Å². The Morgan fingerprint density at radius 3 is 1.28 bits per heavy atom. The fraction of sp³-hybridized carbons (Fsp3) is 0.286. The third kappa shape index (κ3) is 7.49. The zero-order valence-electron chi connectivity index (χ0n) is 44.3. The number of halogens is 2. The van der Waals surface area contributed by atoms with Gasteiger partial charge in [0.25, 0.3) is 0 Å². The fourth-order valence-electron chi connectivity index (χ4n) is 12.4. The average Bonchev–Trinajstić information content (AvgIpc) is 2.84. The van der Waals surface area contributed by atoms with Gasteiger partial charge in [-0.25, -0.2) is 48.3 Å². The summed E-state index contributed by atoms with van der Waals surface area (Å²) in [7, 11) is -5.11. The standard InChI is InChI=1S/C56H46F2N14O10Si/c1-55(2)79-37-35(77-51(39(37)81-55)69-21-33(57)41(59)61-53(69)73)23-75-83(76-24-36-38-40(82-56(3,4)80-38)52(78-36)70-22-34(58)42(60)62-54(70)74)71-47-29-17-9-10-18-30(29)49(71)67-45-27-15-7-8-16-28(27)46(64-45)68-50-32-20-12-11-19-31(32)48(72(50)83)66-44-26-14-6-5-13-25(26)43(63-44)65-47/h5-22,35-40,51-52H,23-24H2,1-4H3,(H2,59,61,73)(H2,60,62,74)/t35-,36-,37?,38?,39?,40?,51-,52-,83?/m1/s1. The minimum absolute atomic E-state index is 0.299. The Morgan fingerprint density at radius 2 is 0.867 bits per heavy atom. The first-order chi connectivity index (χ1) is 40.0. The monoisotopic (exact) mass is 1140 g/mol. The van der Waals surface area contributed by atoms with Gasteiger partial charge < -0.3 is 48.7 Å². The third-order valence-corrected chi connectivity index (χ3v) is 18.9. The fourth-order valence-corrected chi connectivity index (χ4v) is 15.7. The maximum Gasteiger partial charge on any atom is 0.603 e. The smallest absolute Gasteiger partial charge is 0.381 e. The number of aromatic nitrogens is 6. The van der Waals surface area contributed by atoms with E-state index < -0.39 is 117 Å². The Balaban J connectivity index is 0.989. The van der Waals surface area contributed by atoms with E-state index in [1.807, 2.05) is 106 Å². The molecule has 418 valence electrons. The number of anilines is 2. The third-order valence-electron chi connectivity index (χ3n) is 15.9. The first-order valence-corrected chi connectivity index (χ1v) is 28.4. The molecule has 4 N–H and O–H groups in total. The Hall–Kier alpha value is -8.64. The molecule has 8 aliphatic rings. The van der Waals surface area contributed by atoms with Crippen molar-refractivity contribution in [3.8, 4) is 0 Å². The highest BCUT2D eigenvalue weighted by atomic mass is 28.4. The minimum Gasteiger partial charge on any atom is -0.381 e. The first-order valence-electron chi connectivity index (χ1n) is 26.7. The van der Waals surface area contributed by atoms with Gasteiger partial charge in [0.1, 0.15) is 59.2 Å². The summed E-state index contributed by atoms with van der Waals surface area (Å²) >= 11 is 0.